The van der Waals surface area contributed by atoms with Crippen LogP contribution in [0.4, 0.5) is 5.69 Å². The first-order valence-corrected chi connectivity index (χ1v) is 5.80. The highest BCUT2D eigenvalue weighted by Crippen LogP contribution is 2.03. The molecule has 0 amide bonds. The first-order valence-electron chi connectivity index (χ1n) is 3.67. The fourth-order valence-electron chi connectivity index (χ4n) is 0.670. The zero-order valence-electron chi connectivity index (χ0n) is 8.31. The number of nitrogen functional groups attached to an aromatic ring is 1. The quantitative estimate of drug-likeness (QED) is 0.349. The van der Waals surface area contributed by atoms with E-state index in [0.29, 0.717) is 0 Å². The molecule has 0 aliphatic heterocycles. The fourth-order valence-corrected chi connectivity index (χ4v) is 0.670. The Balaban J connectivity index is 0. The van der Waals surface area contributed by atoms with Crippen molar-refractivity contribution < 1.29 is 26.6 Å². The lowest BCUT2D eigenvalue weighted by Crippen LogP contribution is -1.82. The van der Waals surface area contributed by atoms with Crippen LogP contribution >= 0.6 is 0 Å². The minimum atomic E-state index is -2.61. The van der Waals surface area contributed by atoms with E-state index in [1.165, 1.54) is 5.56 Å². The van der Waals surface area contributed by atoms with Gasteiger partial charge in [-0.1, -0.05) is 12.1 Å². The highest BCUT2D eigenvalue weighted by Gasteiger charge is 1.81. The number of benzene rings is 1. The molecule has 1 rings (SSSR count). The molecule has 6 N–H and O–H groups in total. The zero-order chi connectivity index (χ0) is 13.1. The molecular formula is C7H13NO6S2. The topological polar surface area (TPSA) is 141 Å². The molecule has 0 saturated carbocycles. The normalized spacial score (nSPS) is 8.94. The van der Waals surface area contributed by atoms with Crippen LogP contribution in [0.2, 0.25) is 0 Å². The molecule has 0 bridgehead atoms. The maximum Gasteiger partial charge on any atom is 0.299 e. The first kappa shape index (κ1) is 17.6. The minimum Gasteiger partial charge on any atom is -0.399 e. The molecule has 0 aliphatic rings. The van der Waals surface area contributed by atoms with Crippen molar-refractivity contribution in [3.05, 3.63) is 29.8 Å². The summed E-state index contributed by atoms with van der Waals surface area (Å²) >= 11 is -5.22. The summed E-state index contributed by atoms with van der Waals surface area (Å²) in [6, 6.07) is 7.80. The van der Waals surface area contributed by atoms with Crippen molar-refractivity contribution in [3.8, 4) is 0 Å². The van der Waals surface area contributed by atoms with Crippen LogP contribution in [-0.2, 0) is 22.7 Å². The van der Waals surface area contributed by atoms with E-state index in [2.05, 4.69) is 0 Å². The van der Waals surface area contributed by atoms with Crippen LogP contribution in [0, 0.1) is 6.92 Å². The Labute approximate surface area is 97.9 Å². The number of anilines is 1. The minimum absolute atomic E-state index is 0.838. The van der Waals surface area contributed by atoms with Gasteiger partial charge in [0.25, 0.3) is 22.7 Å². The summed E-state index contributed by atoms with van der Waals surface area (Å²) in [7, 11) is 0. The van der Waals surface area contributed by atoms with Gasteiger partial charge >= 0.3 is 0 Å². The van der Waals surface area contributed by atoms with Crippen molar-refractivity contribution in [2.45, 2.75) is 6.92 Å². The molecule has 94 valence electrons. The molecule has 0 spiro atoms. The summed E-state index contributed by atoms with van der Waals surface area (Å²) in [4.78, 5) is 0. The Morgan fingerprint density at radius 1 is 1.06 bits per heavy atom. The average Bonchev–Trinajstić information content (AvgIpc) is 2.00. The van der Waals surface area contributed by atoms with Crippen LogP contribution in [0.3, 0.4) is 0 Å². The van der Waals surface area contributed by atoms with Crippen molar-refractivity contribution in [3.63, 3.8) is 0 Å². The van der Waals surface area contributed by atoms with Crippen LogP contribution in [0.5, 0.6) is 0 Å². The van der Waals surface area contributed by atoms with Crippen LogP contribution in [0.15, 0.2) is 24.3 Å². The molecule has 1 aromatic rings. The summed E-state index contributed by atoms with van der Waals surface area (Å²) in [5, 5.41) is 0. The van der Waals surface area contributed by atoms with Crippen molar-refractivity contribution in [2.24, 2.45) is 0 Å². The second-order valence-electron chi connectivity index (χ2n) is 2.38. The lowest BCUT2D eigenvalue weighted by atomic mass is 10.2. The van der Waals surface area contributed by atoms with E-state index >= 15 is 0 Å². The van der Waals surface area contributed by atoms with E-state index in [-0.39, 0.29) is 0 Å². The Bertz CT molecular complexity index is 308. The SMILES string of the molecule is Cc1cccc(N)c1.O=S(O)O.O=S(O)O. The van der Waals surface area contributed by atoms with Gasteiger partial charge in [-0.2, -0.15) is 8.42 Å². The molecule has 0 aliphatic carbocycles. The molecule has 1 aromatic carbocycles. The van der Waals surface area contributed by atoms with E-state index in [1.807, 2.05) is 31.2 Å². The molecule has 0 radical (unpaired) electrons. The number of hydrogen-bond donors (Lipinski definition) is 5. The molecule has 7 nitrogen and oxygen atoms in total. The molecule has 0 heterocycles. The summed E-state index contributed by atoms with van der Waals surface area (Å²) < 4.78 is 45.7. The van der Waals surface area contributed by atoms with Gasteiger partial charge in [0, 0.05) is 5.69 Å². The lowest BCUT2D eigenvalue weighted by molar-refractivity contribution is 0.452. The third kappa shape index (κ3) is 23.2. The summed E-state index contributed by atoms with van der Waals surface area (Å²) in [5.41, 5.74) is 7.51. The zero-order valence-corrected chi connectivity index (χ0v) is 9.94. The molecule has 0 aromatic heterocycles. The Kier molecular flexibility index (Phi) is 11.7. The molecule has 0 unspecified atom stereocenters. The van der Waals surface area contributed by atoms with Gasteiger partial charge in [0.05, 0.1) is 0 Å². The maximum absolute atomic E-state index is 8.67. The largest absolute Gasteiger partial charge is 0.399 e. The van der Waals surface area contributed by atoms with Gasteiger partial charge in [-0.3, -0.25) is 18.2 Å². The number of nitrogens with two attached hydrogens (primary N) is 1. The second-order valence-corrected chi connectivity index (χ2v) is 3.30. The summed E-state index contributed by atoms with van der Waals surface area (Å²) in [5.74, 6) is 0. The number of hydrogen-bond acceptors (Lipinski definition) is 3. The molecule has 0 fully saturated rings. The third-order valence-corrected chi connectivity index (χ3v) is 1.04. The molecule has 0 saturated heterocycles. The molecular weight excluding hydrogens is 258 g/mol. The summed E-state index contributed by atoms with van der Waals surface area (Å²) in [6.45, 7) is 2.02. The van der Waals surface area contributed by atoms with E-state index in [4.69, 9.17) is 32.4 Å². The Hall–Kier alpha value is -0.840. The fraction of sp³-hybridized carbons (Fsp3) is 0.143. The summed E-state index contributed by atoms with van der Waals surface area (Å²) in [6.07, 6.45) is 0. The number of aryl methyl sites for hydroxylation is 1. The van der Waals surface area contributed by atoms with Crippen molar-refractivity contribution in [2.75, 3.05) is 5.73 Å². The van der Waals surface area contributed by atoms with Crippen molar-refractivity contribution in [1.29, 1.82) is 0 Å². The Morgan fingerprint density at radius 3 is 1.62 bits per heavy atom. The van der Waals surface area contributed by atoms with Crippen LogP contribution in [-0.4, -0.2) is 26.6 Å². The average molecular weight is 271 g/mol. The second kappa shape index (κ2) is 10.7. The van der Waals surface area contributed by atoms with Crippen LogP contribution in [0.1, 0.15) is 5.56 Å². The monoisotopic (exact) mass is 271 g/mol. The van der Waals surface area contributed by atoms with Gasteiger partial charge in [-0.25, -0.2) is 0 Å². The van der Waals surface area contributed by atoms with Gasteiger partial charge in [0.1, 0.15) is 0 Å². The van der Waals surface area contributed by atoms with E-state index in [0.717, 1.165) is 5.69 Å². The van der Waals surface area contributed by atoms with Crippen LogP contribution in [0.25, 0.3) is 0 Å². The van der Waals surface area contributed by atoms with Gasteiger partial charge in [-0.05, 0) is 24.6 Å². The van der Waals surface area contributed by atoms with Gasteiger partial charge in [-0.15, -0.1) is 0 Å². The van der Waals surface area contributed by atoms with E-state index in [1.54, 1.807) is 0 Å². The Morgan fingerprint density at radius 2 is 1.44 bits per heavy atom. The predicted molar refractivity (Wildman–Crippen MR) is 62.4 cm³/mol. The van der Waals surface area contributed by atoms with E-state index in [9.17, 15) is 0 Å². The highest BCUT2D eigenvalue weighted by molar-refractivity contribution is 7.73. The van der Waals surface area contributed by atoms with Gasteiger partial charge in [0.15, 0.2) is 0 Å². The standard InChI is InChI=1S/C7H9N.2H2O3S/c1-6-3-2-4-7(8)5-6;2*1-4(2)3/h2-5H,8H2,1H3;2*(H2,1,2,3). The lowest BCUT2D eigenvalue weighted by Gasteiger charge is -1.91. The van der Waals surface area contributed by atoms with Gasteiger partial charge < -0.3 is 5.73 Å². The highest BCUT2D eigenvalue weighted by atomic mass is 32.2. The van der Waals surface area contributed by atoms with Crippen LogP contribution < -0.4 is 5.73 Å². The molecule has 9 heteroatoms. The van der Waals surface area contributed by atoms with Crippen molar-refractivity contribution in [1.82, 2.24) is 0 Å². The maximum atomic E-state index is 8.67. The smallest absolute Gasteiger partial charge is 0.299 e. The third-order valence-electron chi connectivity index (χ3n) is 1.04. The molecule has 0 atom stereocenters. The molecule has 16 heavy (non-hydrogen) atoms. The van der Waals surface area contributed by atoms with E-state index < -0.39 is 22.7 Å². The number of rotatable bonds is 0. The first-order chi connectivity index (χ1) is 7.25. The predicted octanol–water partition coefficient (Wildman–Crippen LogP) is 0.939. The van der Waals surface area contributed by atoms with Crippen molar-refractivity contribution >= 4 is 28.4 Å². The van der Waals surface area contributed by atoms with Gasteiger partial charge in [0.2, 0.25) is 0 Å².